The summed E-state index contributed by atoms with van der Waals surface area (Å²) in [6.45, 7) is 1.65. The molecule has 0 spiro atoms. The maximum atomic E-state index is 10.3. The largest absolute Gasteiger partial charge is 0.480 e. The Kier molecular flexibility index (Phi) is 4.25. The van der Waals surface area contributed by atoms with Crippen LogP contribution in [0.1, 0.15) is 22.9 Å². The molecule has 19 heavy (non-hydrogen) atoms. The standard InChI is InChI=1S/C13H14N2O4/c1-9-2-4-10(5-3-9)6-11-14-15-12(19-11)7-18-8-13(16)17/h2-5H,6-8H2,1H3,(H,16,17). The molecule has 0 aliphatic heterocycles. The van der Waals surface area contributed by atoms with Crippen LogP contribution in [0.5, 0.6) is 0 Å². The summed E-state index contributed by atoms with van der Waals surface area (Å²) in [5.41, 5.74) is 2.27. The van der Waals surface area contributed by atoms with Crippen molar-refractivity contribution in [1.82, 2.24) is 10.2 Å². The fraction of sp³-hybridized carbons (Fsp3) is 0.308. The molecular formula is C13H14N2O4. The van der Waals surface area contributed by atoms with E-state index in [-0.39, 0.29) is 19.1 Å². The quantitative estimate of drug-likeness (QED) is 0.850. The van der Waals surface area contributed by atoms with E-state index in [4.69, 9.17) is 14.3 Å². The highest BCUT2D eigenvalue weighted by atomic mass is 16.5. The maximum Gasteiger partial charge on any atom is 0.329 e. The molecule has 1 N–H and O–H groups in total. The maximum absolute atomic E-state index is 10.3. The average Bonchev–Trinajstić information content (AvgIpc) is 2.79. The molecule has 0 aliphatic rings. The number of ether oxygens (including phenoxy) is 1. The summed E-state index contributed by atoms with van der Waals surface area (Å²) in [5.74, 6) is -0.263. The van der Waals surface area contributed by atoms with E-state index in [2.05, 4.69) is 10.2 Å². The Morgan fingerprint density at radius 2 is 1.95 bits per heavy atom. The number of carboxylic acid groups (broad SMARTS) is 1. The second-order valence-corrected chi connectivity index (χ2v) is 4.14. The number of hydrogen-bond acceptors (Lipinski definition) is 5. The van der Waals surface area contributed by atoms with E-state index in [1.54, 1.807) is 0 Å². The van der Waals surface area contributed by atoms with E-state index in [9.17, 15) is 4.79 Å². The van der Waals surface area contributed by atoms with E-state index < -0.39 is 5.97 Å². The summed E-state index contributed by atoms with van der Waals surface area (Å²) in [6.07, 6.45) is 0.548. The first kappa shape index (κ1) is 13.2. The first-order valence-corrected chi connectivity index (χ1v) is 5.80. The number of nitrogens with zero attached hydrogens (tertiary/aromatic N) is 2. The van der Waals surface area contributed by atoms with Crippen LogP contribution in [0.15, 0.2) is 28.7 Å². The average molecular weight is 262 g/mol. The van der Waals surface area contributed by atoms with Gasteiger partial charge in [-0.15, -0.1) is 10.2 Å². The van der Waals surface area contributed by atoms with Crippen molar-refractivity contribution < 1.29 is 19.1 Å². The number of rotatable bonds is 6. The Hall–Kier alpha value is -2.21. The van der Waals surface area contributed by atoms with Crippen molar-refractivity contribution in [1.29, 1.82) is 0 Å². The lowest BCUT2D eigenvalue weighted by Crippen LogP contribution is -2.06. The normalized spacial score (nSPS) is 10.6. The van der Waals surface area contributed by atoms with Crippen molar-refractivity contribution in [2.24, 2.45) is 0 Å². The van der Waals surface area contributed by atoms with E-state index in [0.29, 0.717) is 12.3 Å². The second-order valence-electron chi connectivity index (χ2n) is 4.14. The van der Waals surface area contributed by atoms with Crippen LogP contribution in [0.4, 0.5) is 0 Å². The Morgan fingerprint density at radius 1 is 1.26 bits per heavy atom. The first-order chi connectivity index (χ1) is 9.13. The summed E-state index contributed by atoms with van der Waals surface area (Å²) >= 11 is 0. The molecule has 0 amide bonds. The minimum absolute atomic E-state index is 0.00714. The van der Waals surface area contributed by atoms with E-state index in [1.165, 1.54) is 5.56 Å². The molecule has 100 valence electrons. The monoisotopic (exact) mass is 262 g/mol. The third kappa shape index (κ3) is 4.18. The van der Waals surface area contributed by atoms with Crippen molar-refractivity contribution >= 4 is 5.97 Å². The summed E-state index contributed by atoms with van der Waals surface area (Å²) in [4.78, 5) is 10.3. The van der Waals surface area contributed by atoms with Gasteiger partial charge in [0, 0.05) is 0 Å². The molecule has 1 aromatic carbocycles. The first-order valence-electron chi connectivity index (χ1n) is 5.80. The zero-order valence-electron chi connectivity index (χ0n) is 10.5. The zero-order valence-corrected chi connectivity index (χ0v) is 10.5. The molecule has 2 rings (SSSR count). The van der Waals surface area contributed by atoms with E-state index >= 15 is 0 Å². The predicted octanol–water partition coefficient (Wildman–Crippen LogP) is 1.57. The molecule has 6 nitrogen and oxygen atoms in total. The summed E-state index contributed by atoms with van der Waals surface area (Å²) in [5, 5.41) is 16.1. The van der Waals surface area contributed by atoms with Crippen LogP contribution in [0.2, 0.25) is 0 Å². The molecule has 1 heterocycles. The van der Waals surface area contributed by atoms with Gasteiger partial charge >= 0.3 is 5.97 Å². The number of benzene rings is 1. The van der Waals surface area contributed by atoms with Crippen LogP contribution in [0.3, 0.4) is 0 Å². The summed E-state index contributed by atoms with van der Waals surface area (Å²) in [7, 11) is 0. The van der Waals surface area contributed by atoms with E-state index in [0.717, 1.165) is 5.56 Å². The van der Waals surface area contributed by atoms with Crippen LogP contribution in [-0.2, 0) is 22.6 Å². The second kappa shape index (κ2) is 6.10. The van der Waals surface area contributed by atoms with E-state index in [1.807, 2.05) is 31.2 Å². The number of aromatic nitrogens is 2. The van der Waals surface area contributed by atoms with Crippen molar-refractivity contribution in [2.75, 3.05) is 6.61 Å². The number of aryl methyl sites for hydroxylation is 1. The van der Waals surface area contributed by atoms with Crippen LogP contribution in [0.25, 0.3) is 0 Å². The van der Waals surface area contributed by atoms with Gasteiger partial charge in [-0.3, -0.25) is 0 Å². The van der Waals surface area contributed by atoms with Gasteiger partial charge in [-0.1, -0.05) is 29.8 Å². The molecule has 2 aromatic rings. The van der Waals surface area contributed by atoms with Crippen molar-refractivity contribution in [3.63, 3.8) is 0 Å². The molecule has 0 saturated carbocycles. The van der Waals surface area contributed by atoms with Crippen LogP contribution >= 0.6 is 0 Å². The fourth-order valence-electron chi connectivity index (χ4n) is 1.52. The van der Waals surface area contributed by atoms with Gasteiger partial charge in [0.1, 0.15) is 13.2 Å². The lowest BCUT2D eigenvalue weighted by molar-refractivity contribution is -0.142. The van der Waals surface area contributed by atoms with Crippen LogP contribution in [0, 0.1) is 6.92 Å². The topological polar surface area (TPSA) is 85.5 Å². The SMILES string of the molecule is Cc1ccc(Cc2nnc(COCC(=O)O)o2)cc1. The predicted molar refractivity (Wildman–Crippen MR) is 65.6 cm³/mol. The Labute approximate surface area is 110 Å². The van der Waals surface area contributed by atoms with Gasteiger partial charge in [-0.2, -0.15) is 0 Å². The minimum atomic E-state index is -1.03. The van der Waals surface area contributed by atoms with Crippen LogP contribution < -0.4 is 0 Å². The molecule has 0 unspecified atom stereocenters. The van der Waals surface area contributed by atoms with Gasteiger partial charge in [0.25, 0.3) is 0 Å². The molecule has 0 atom stereocenters. The molecular weight excluding hydrogens is 248 g/mol. The smallest absolute Gasteiger partial charge is 0.329 e. The molecule has 1 aromatic heterocycles. The van der Waals surface area contributed by atoms with Gasteiger partial charge < -0.3 is 14.3 Å². The van der Waals surface area contributed by atoms with Gasteiger partial charge in [0.15, 0.2) is 0 Å². The fourth-order valence-corrected chi connectivity index (χ4v) is 1.52. The highest BCUT2D eigenvalue weighted by Crippen LogP contribution is 2.10. The van der Waals surface area contributed by atoms with Gasteiger partial charge in [-0.25, -0.2) is 4.79 Å². The van der Waals surface area contributed by atoms with Gasteiger partial charge in [-0.05, 0) is 12.5 Å². The van der Waals surface area contributed by atoms with Crippen molar-refractivity contribution in [2.45, 2.75) is 20.0 Å². The molecule has 0 aliphatic carbocycles. The van der Waals surface area contributed by atoms with Crippen LogP contribution in [-0.4, -0.2) is 27.9 Å². The highest BCUT2D eigenvalue weighted by molar-refractivity contribution is 5.67. The molecule has 0 fully saturated rings. The minimum Gasteiger partial charge on any atom is -0.480 e. The molecule has 0 saturated heterocycles. The van der Waals surface area contributed by atoms with Gasteiger partial charge in [0.05, 0.1) is 6.42 Å². The van der Waals surface area contributed by atoms with Crippen molar-refractivity contribution in [3.05, 3.63) is 47.2 Å². The van der Waals surface area contributed by atoms with Crippen molar-refractivity contribution in [3.8, 4) is 0 Å². The summed E-state index contributed by atoms with van der Waals surface area (Å²) < 4.78 is 10.2. The Bertz CT molecular complexity index is 548. The lowest BCUT2D eigenvalue weighted by Gasteiger charge is -1.98. The molecule has 0 bridgehead atoms. The lowest BCUT2D eigenvalue weighted by atomic mass is 10.1. The van der Waals surface area contributed by atoms with Gasteiger partial charge in [0.2, 0.25) is 11.8 Å². The number of carbonyl (C=O) groups is 1. The third-order valence-corrected chi connectivity index (χ3v) is 2.44. The summed E-state index contributed by atoms with van der Waals surface area (Å²) in [6, 6.07) is 8.03. The Morgan fingerprint density at radius 3 is 2.63 bits per heavy atom. The number of hydrogen-bond donors (Lipinski definition) is 1. The Balaban J connectivity index is 1.90. The zero-order chi connectivity index (χ0) is 13.7. The number of aliphatic carboxylic acids is 1. The number of carboxylic acids is 1. The highest BCUT2D eigenvalue weighted by Gasteiger charge is 2.08. The molecule has 6 heteroatoms. The third-order valence-electron chi connectivity index (χ3n) is 2.44. The molecule has 0 radical (unpaired) electrons.